The van der Waals surface area contributed by atoms with Crippen LogP contribution < -0.4 is 5.32 Å². The molecule has 0 spiro atoms. The number of aryl methyl sites for hydroxylation is 2. The third kappa shape index (κ3) is 3.63. The van der Waals surface area contributed by atoms with Gasteiger partial charge in [-0.2, -0.15) is 0 Å². The molecule has 1 saturated carbocycles. The minimum Gasteiger partial charge on any atom is -0.466 e. The molecule has 31 heavy (non-hydrogen) atoms. The van der Waals surface area contributed by atoms with Crippen LogP contribution in [0.15, 0.2) is 22.1 Å². The largest absolute Gasteiger partial charge is 0.466 e. The van der Waals surface area contributed by atoms with Gasteiger partial charge in [-0.15, -0.1) is 10.2 Å². The minimum atomic E-state index is -0.132. The van der Waals surface area contributed by atoms with Gasteiger partial charge in [0.15, 0.2) is 5.82 Å². The molecule has 7 heteroatoms. The van der Waals surface area contributed by atoms with Gasteiger partial charge < -0.3 is 14.3 Å². The van der Waals surface area contributed by atoms with Gasteiger partial charge in [-0.1, -0.05) is 25.5 Å². The summed E-state index contributed by atoms with van der Waals surface area (Å²) in [6.45, 7) is 12.8. The molecule has 1 aliphatic heterocycles. The molecule has 2 aromatic heterocycles. The van der Waals surface area contributed by atoms with Crippen LogP contribution in [0.2, 0.25) is 0 Å². The molecule has 0 saturated heterocycles. The van der Waals surface area contributed by atoms with Gasteiger partial charge in [0.1, 0.15) is 17.3 Å². The van der Waals surface area contributed by atoms with Crippen LogP contribution in [0.5, 0.6) is 0 Å². The maximum absolute atomic E-state index is 12.5. The van der Waals surface area contributed by atoms with E-state index in [0.717, 1.165) is 61.8 Å². The summed E-state index contributed by atoms with van der Waals surface area (Å²) in [5.41, 5.74) is 2.70. The number of carbonyl (C=O) groups excluding carboxylic acids is 1. The van der Waals surface area contributed by atoms with E-state index in [9.17, 15) is 4.79 Å². The number of hydrogen-bond acceptors (Lipinski definition) is 5. The highest BCUT2D eigenvalue weighted by Crippen LogP contribution is 2.59. The molecule has 166 valence electrons. The highest BCUT2D eigenvalue weighted by Gasteiger charge is 2.51. The molecule has 0 unspecified atom stereocenters. The normalized spacial score (nSPS) is 24.7. The quantitative estimate of drug-likeness (QED) is 0.747. The fraction of sp³-hybridized carbons (Fsp3) is 0.625. The number of nitrogens with zero attached hydrogens (tertiary/aromatic N) is 4. The van der Waals surface area contributed by atoms with Gasteiger partial charge in [-0.25, -0.2) is 0 Å². The number of amides is 1. The van der Waals surface area contributed by atoms with Crippen LogP contribution >= 0.6 is 0 Å². The molecule has 1 fully saturated rings. The topological polar surface area (TPSA) is 76.2 Å². The SMILES string of the molecule is Cc1cc(C(=O)NCc2nnc3n2CCN(CC2=CC[C@H]4C[C@@H]2C4(C)C)CC3)c(C)o1. The lowest BCUT2D eigenvalue weighted by Crippen LogP contribution is -2.50. The standard InChI is InChI=1S/C24H33N5O2/c1-15-11-19(16(2)31-15)23(30)25-13-22-27-26-21-7-8-28(9-10-29(21)22)14-17-5-6-18-12-20(17)24(18,3)4/h5,11,18,20H,6-10,12-14H2,1-4H3,(H,25,30)/t18-,20-/m0/s1. The molecule has 3 heterocycles. The van der Waals surface area contributed by atoms with Gasteiger partial charge in [0, 0.05) is 32.6 Å². The van der Waals surface area contributed by atoms with Crippen LogP contribution in [0.3, 0.4) is 0 Å². The predicted octanol–water partition coefficient (Wildman–Crippen LogP) is 3.27. The third-order valence-corrected chi connectivity index (χ3v) is 7.88. The van der Waals surface area contributed by atoms with Crippen molar-refractivity contribution >= 4 is 5.91 Å². The molecule has 4 aliphatic rings. The van der Waals surface area contributed by atoms with Gasteiger partial charge in [0.05, 0.1) is 12.1 Å². The van der Waals surface area contributed by atoms with Crippen molar-refractivity contribution < 1.29 is 9.21 Å². The smallest absolute Gasteiger partial charge is 0.255 e. The highest BCUT2D eigenvalue weighted by molar-refractivity contribution is 5.95. The second kappa shape index (κ2) is 7.62. The molecule has 2 atom stereocenters. The lowest BCUT2D eigenvalue weighted by Gasteiger charge is -2.57. The molecular weight excluding hydrogens is 390 g/mol. The fourth-order valence-electron chi connectivity index (χ4n) is 5.74. The van der Waals surface area contributed by atoms with E-state index in [1.807, 2.05) is 13.8 Å². The zero-order valence-electron chi connectivity index (χ0n) is 19.1. The maximum atomic E-state index is 12.5. The predicted molar refractivity (Wildman–Crippen MR) is 118 cm³/mol. The van der Waals surface area contributed by atoms with E-state index in [4.69, 9.17) is 4.42 Å². The molecule has 2 bridgehead atoms. The summed E-state index contributed by atoms with van der Waals surface area (Å²) in [6.07, 6.45) is 6.02. The van der Waals surface area contributed by atoms with Crippen molar-refractivity contribution in [2.45, 2.75) is 60.0 Å². The van der Waals surface area contributed by atoms with Crippen molar-refractivity contribution in [2.75, 3.05) is 19.6 Å². The molecule has 2 aromatic rings. The van der Waals surface area contributed by atoms with Gasteiger partial charge in [0.2, 0.25) is 0 Å². The van der Waals surface area contributed by atoms with Crippen molar-refractivity contribution in [2.24, 2.45) is 17.3 Å². The van der Waals surface area contributed by atoms with Gasteiger partial charge in [-0.05, 0) is 50.0 Å². The maximum Gasteiger partial charge on any atom is 0.255 e. The molecule has 7 nitrogen and oxygen atoms in total. The second-order valence-corrected chi connectivity index (χ2v) is 10.0. The zero-order valence-corrected chi connectivity index (χ0v) is 19.1. The first-order valence-corrected chi connectivity index (χ1v) is 11.5. The zero-order chi connectivity index (χ0) is 21.8. The van der Waals surface area contributed by atoms with Crippen molar-refractivity contribution in [3.63, 3.8) is 0 Å². The Balaban J connectivity index is 1.20. The van der Waals surface area contributed by atoms with E-state index in [1.165, 1.54) is 12.8 Å². The monoisotopic (exact) mass is 423 g/mol. The number of furan rings is 1. The van der Waals surface area contributed by atoms with Crippen LogP contribution in [-0.2, 0) is 19.5 Å². The number of nitrogens with one attached hydrogen (secondary N) is 1. The summed E-state index contributed by atoms with van der Waals surface area (Å²) in [6, 6.07) is 1.78. The molecule has 1 amide bonds. The highest BCUT2D eigenvalue weighted by atomic mass is 16.3. The number of allylic oxidation sites excluding steroid dienone is 1. The van der Waals surface area contributed by atoms with E-state index >= 15 is 0 Å². The Kier molecular flexibility index (Phi) is 5.04. The Bertz CT molecular complexity index is 1030. The van der Waals surface area contributed by atoms with E-state index in [0.29, 0.717) is 23.3 Å². The van der Waals surface area contributed by atoms with Crippen molar-refractivity contribution in [3.05, 3.63) is 46.4 Å². The number of hydrogen-bond donors (Lipinski definition) is 1. The Hall–Kier alpha value is -2.41. The summed E-state index contributed by atoms with van der Waals surface area (Å²) in [4.78, 5) is 15.1. The van der Waals surface area contributed by atoms with Crippen molar-refractivity contribution in [1.29, 1.82) is 0 Å². The van der Waals surface area contributed by atoms with Crippen molar-refractivity contribution in [1.82, 2.24) is 25.0 Å². The fourth-order valence-corrected chi connectivity index (χ4v) is 5.74. The van der Waals surface area contributed by atoms with Crippen molar-refractivity contribution in [3.8, 4) is 0 Å². The first kappa shape index (κ1) is 20.5. The lowest BCUT2D eigenvalue weighted by molar-refractivity contribution is -0.0106. The molecule has 1 N–H and O–H groups in total. The number of carbonyl (C=O) groups is 1. The summed E-state index contributed by atoms with van der Waals surface area (Å²) in [5, 5.41) is 11.8. The Morgan fingerprint density at radius 1 is 1.26 bits per heavy atom. The number of fused-ring (bicyclic) bond motifs is 2. The minimum absolute atomic E-state index is 0.132. The van der Waals surface area contributed by atoms with Crippen LogP contribution in [0.4, 0.5) is 0 Å². The van der Waals surface area contributed by atoms with Crippen LogP contribution in [0.1, 0.15) is 60.2 Å². The van der Waals surface area contributed by atoms with Crippen LogP contribution in [0.25, 0.3) is 0 Å². The Morgan fingerprint density at radius 3 is 2.81 bits per heavy atom. The van der Waals surface area contributed by atoms with E-state index in [1.54, 1.807) is 11.6 Å². The Labute approximate surface area is 183 Å². The Morgan fingerprint density at radius 2 is 2.10 bits per heavy atom. The van der Waals surface area contributed by atoms with E-state index in [-0.39, 0.29) is 5.91 Å². The molecule has 6 rings (SSSR count). The first-order chi connectivity index (χ1) is 14.8. The van der Waals surface area contributed by atoms with Crippen LogP contribution in [-0.4, -0.2) is 45.2 Å². The molecule has 0 aromatic carbocycles. The van der Waals surface area contributed by atoms with Gasteiger partial charge in [0.25, 0.3) is 5.91 Å². The second-order valence-electron chi connectivity index (χ2n) is 10.0. The summed E-state index contributed by atoms with van der Waals surface area (Å²) >= 11 is 0. The summed E-state index contributed by atoms with van der Waals surface area (Å²) in [7, 11) is 0. The summed E-state index contributed by atoms with van der Waals surface area (Å²) < 4.78 is 7.66. The summed E-state index contributed by atoms with van der Waals surface area (Å²) in [5.74, 6) is 4.74. The molecule has 0 radical (unpaired) electrons. The third-order valence-electron chi connectivity index (χ3n) is 7.88. The number of rotatable bonds is 5. The van der Waals surface area contributed by atoms with E-state index < -0.39 is 0 Å². The van der Waals surface area contributed by atoms with E-state index in [2.05, 4.69) is 44.9 Å². The first-order valence-electron chi connectivity index (χ1n) is 11.5. The van der Waals surface area contributed by atoms with Gasteiger partial charge in [-0.3, -0.25) is 9.69 Å². The number of aromatic nitrogens is 3. The molecular formula is C24H33N5O2. The average Bonchev–Trinajstić information content (AvgIpc) is 3.22. The molecule has 3 aliphatic carbocycles. The lowest BCUT2D eigenvalue weighted by atomic mass is 9.49. The van der Waals surface area contributed by atoms with Crippen LogP contribution in [0, 0.1) is 31.1 Å². The average molecular weight is 424 g/mol. The van der Waals surface area contributed by atoms with Gasteiger partial charge >= 0.3 is 0 Å².